The summed E-state index contributed by atoms with van der Waals surface area (Å²) in [6.07, 6.45) is 2.17. The zero-order chi connectivity index (χ0) is 13.0. The van der Waals surface area contributed by atoms with Crippen LogP contribution in [0.3, 0.4) is 0 Å². The predicted octanol–water partition coefficient (Wildman–Crippen LogP) is 1.27. The van der Waals surface area contributed by atoms with E-state index in [0.29, 0.717) is 6.61 Å². The number of ether oxygens (including phenoxy) is 1. The van der Waals surface area contributed by atoms with Crippen molar-refractivity contribution in [2.45, 2.75) is 58.2 Å². The summed E-state index contributed by atoms with van der Waals surface area (Å²) in [5.41, 5.74) is 0. The quantitative estimate of drug-likeness (QED) is 0.731. The van der Waals surface area contributed by atoms with E-state index in [4.69, 9.17) is 9.84 Å². The minimum absolute atomic E-state index is 0.0917. The van der Waals surface area contributed by atoms with E-state index in [9.17, 15) is 9.59 Å². The highest BCUT2D eigenvalue weighted by molar-refractivity contribution is 5.84. The first-order chi connectivity index (χ1) is 7.93. The standard InChI is InChI=1S/C12H21NO4/c1-8(2)17-7-6-11(14)13(10-4-5-10)9(3)12(15)16/h8-10H,4-7H2,1-3H3,(H,15,16). The molecule has 0 bridgehead atoms. The van der Waals surface area contributed by atoms with Crippen molar-refractivity contribution < 1.29 is 19.4 Å². The van der Waals surface area contributed by atoms with E-state index in [2.05, 4.69) is 0 Å². The van der Waals surface area contributed by atoms with Crippen molar-refractivity contribution in [2.24, 2.45) is 0 Å². The number of aliphatic carboxylic acids is 1. The zero-order valence-electron chi connectivity index (χ0n) is 10.7. The van der Waals surface area contributed by atoms with E-state index >= 15 is 0 Å². The van der Waals surface area contributed by atoms with Gasteiger partial charge in [-0.25, -0.2) is 4.79 Å². The van der Waals surface area contributed by atoms with Crippen LogP contribution in [0.25, 0.3) is 0 Å². The minimum Gasteiger partial charge on any atom is -0.480 e. The summed E-state index contributed by atoms with van der Waals surface area (Å²) in [6, 6.07) is -0.623. The van der Waals surface area contributed by atoms with Gasteiger partial charge in [0.15, 0.2) is 0 Å². The Labute approximate surface area is 102 Å². The van der Waals surface area contributed by atoms with Crippen molar-refractivity contribution in [1.82, 2.24) is 4.90 Å². The van der Waals surface area contributed by atoms with Gasteiger partial charge in [0.1, 0.15) is 6.04 Å². The number of carbonyl (C=O) groups is 2. The maximum Gasteiger partial charge on any atom is 0.326 e. The van der Waals surface area contributed by atoms with Crippen molar-refractivity contribution in [3.05, 3.63) is 0 Å². The van der Waals surface area contributed by atoms with Crippen LogP contribution >= 0.6 is 0 Å². The van der Waals surface area contributed by atoms with Gasteiger partial charge in [0.2, 0.25) is 5.91 Å². The first kappa shape index (κ1) is 14.0. The van der Waals surface area contributed by atoms with Gasteiger partial charge >= 0.3 is 5.97 Å². The Morgan fingerprint density at radius 3 is 2.35 bits per heavy atom. The van der Waals surface area contributed by atoms with Crippen molar-refractivity contribution in [3.8, 4) is 0 Å². The van der Waals surface area contributed by atoms with Crippen LogP contribution < -0.4 is 0 Å². The summed E-state index contributed by atoms with van der Waals surface area (Å²) in [6.45, 7) is 5.72. The highest BCUT2D eigenvalue weighted by atomic mass is 16.5. The van der Waals surface area contributed by atoms with Crippen LogP contribution in [0.1, 0.15) is 40.0 Å². The second kappa shape index (κ2) is 6.00. The SMILES string of the molecule is CC(C)OCCC(=O)N(C1CC1)C(C)C(=O)O. The largest absolute Gasteiger partial charge is 0.480 e. The Kier molecular flexibility index (Phi) is 4.93. The number of hydrogen-bond donors (Lipinski definition) is 1. The molecule has 1 saturated carbocycles. The van der Waals surface area contributed by atoms with Crippen LogP contribution in [0.4, 0.5) is 0 Å². The Bertz CT molecular complexity index is 286. The molecule has 0 aromatic rings. The molecule has 1 rings (SSSR count). The van der Waals surface area contributed by atoms with Crippen LogP contribution in [0, 0.1) is 0 Å². The molecule has 1 N–H and O–H groups in total. The molecule has 5 heteroatoms. The number of rotatable bonds is 7. The van der Waals surface area contributed by atoms with Gasteiger partial charge in [0, 0.05) is 6.04 Å². The number of amides is 1. The third-order valence-electron chi connectivity index (χ3n) is 2.77. The third kappa shape index (κ3) is 4.34. The molecular formula is C12H21NO4. The van der Waals surface area contributed by atoms with Crippen LogP contribution in [0.2, 0.25) is 0 Å². The van der Waals surface area contributed by atoms with E-state index in [1.54, 1.807) is 6.92 Å². The fourth-order valence-electron chi connectivity index (χ4n) is 1.72. The molecule has 0 radical (unpaired) electrons. The Balaban J connectivity index is 2.47. The van der Waals surface area contributed by atoms with Crippen molar-refractivity contribution in [3.63, 3.8) is 0 Å². The van der Waals surface area contributed by atoms with Crippen molar-refractivity contribution in [2.75, 3.05) is 6.61 Å². The van der Waals surface area contributed by atoms with Gasteiger partial charge in [-0.15, -0.1) is 0 Å². The molecule has 0 spiro atoms. The minimum atomic E-state index is -0.949. The molecule has 17 heavy (non-hydrogen) atoms. The molecule has 98 valence electrons. The lowest BCUT2D eigenvalue weighted by Gasteiger charge is -2.26. The monoisotopic (exact) mass is 243 g/mol. The number of carboxylic acid groups (broad SMARTS) is 1. The number of carboxylic acids is 1. The smallest absolute Gasteiger partial charge is 0.326 e. The topological polar surface area (TPSA) is 66.8 Å². The zero-order valence-corrected chi connectivity index (χ0v) is 10.7. The van der Waals surface area contributed by atoms with Crippen LogP contribution in [-0.2, 0) is 14.3 Å². The molecule has 1 aliphatic rings. The van der Waals surface area contributed by atoms with Crippen LogP contribution in [0.5, 0.6) is 0 Å². The lowest BCUT2D eigenvalue weighted by Crippen LogP contribution is -2.45. The lowest BCUT2D eigenvalue weighted by atomic mass is 10.2. The molecule has 0 aromatic carbocycles. The first-order valence-electron chi connectivity index (χ1n) is 6.09. The Hall–Kier alpha value is -1.10. The van der Waals surface area contributed by atoms with Crippen molar-refractivity contribution in [1.29, 1.82) is 0 Å². The molecule has 1 unspecified atom stereocenters. The molecule has 1 aliphatic carbocycles. The number of hydrogen-bond acceptors (Lipinski definition) is 3. The summed E-state index contributed by atoms with van der Waals surface area (Å²) in [4.78, 5) is 24.4. The Morgan fingerprint density at radius 2 is 1.94 bits per heavy atom. The highest BCUT2D eigenvalue weighted by Crippen LogP contribution is 2.29. The fraction of sp³-hybridized carbons (Fsp3) is 0.833. The molecule has 1 fully saturated rings. The van der Waals surface area contributed by atoms with E-state index in [1.807, 2.05) is 13.8 Å². The second-order valence-electron chi connectivity index (χ2n) is 4.72. The number of carbonyl (C=O) groups excluding carboxylic acids is 1. The van der Waals surface area contributed by atoms with Crippen LogP contribution in [0.15, 0.2) is 0 Å². The average molecular weight is 243 g/mol. The predicted molar refractivity (Wildman–Crippen MR) is 62.7 cm³/mol. The molecular weight excluding hydrogens is 222 g/mol. The molecule has 0 aliphatic heterocycles. The summed E-state index contributed by atoms with van der Waals surface area (Å²) < 4.78 is 5.31. The van der Waals surface area contributed by atoms with Gasteiger partial charge in [-0.2, -0.15) is 0 Å². The molecule has 0 aromatic heterocycles. The van der Waals surface area contributed by atoms with Gasteiger partial charge in [-0.1, -0.05) is 0 Å². The van der Waals surface area contributed by atoms with Gasteiger partial charge in [0.05, 0.1) is 19.1 Å². The fourth-order valence-corrected chi connectivity index (χ4v) is 1.72. The Morgan fingerprint density at radius 1 is 1.35 bits per heavy atom. The maximum absolute atomic E-state index is 11.9. The summed E-state index contributed by atoms with van der Waals surface area (Å²) in [5, 5.41) is 8.97. The number of nitrogens with zero attached hydrogens (tertiary/aromatic N) is 1. The van der Waals surface area contributed by atoms with Gasteiger partial charge in [-0.05, 0) is 33.6 Å². The summed E-state index contributed by atoms with van der Waals surface area (Å²) in [7, 11) is 0. The summed E-state index contributed by atoms with van der Waals surface area (Å²) >= 11 is 0. The van der Waals surface area contributed by atoms with E-state index in [1.165, 1.54) is 4.90 Å². The average Bonchev–Trinajstić information content (AvgIpc) is 3.01. The lowest BCUT2D eigenvalue weighted by molar-refractivity contribution is -0.150. The van der Waals surface area contributed by atoms with E-state index in [-0.39, 0.29) is 24.5 Å². The molecule has 1 amide bonds. The second-order valence-corrected chi connectivity index (χ2v) is 4.72. The molecule has 1 atom stereocenters. The molecule has 0 saturated heterocycles. The summed E-state index contributed by atoms with van der Waals surface area (Å²) in [5.74, 6) is -1.07. The van der Waals surface area contributed by atoms with Crippen LogP contribution in [-0.4, -0.2) is 46.7 Å². The normalized spacial score (nSPS) is 16.9. The van der Waals surface area contributed by atoms with Gasteiger partial charge in [-0.3, -0.25) is 4.79 Å². The van der Waals surface area contributed by atoms with Gasteiger partial charge in [0.25, 0.3) is 0 Å². The van der Waals surface area contributed by atoms with Gasteiger partial charge < -0.3 is 14.7 Å². The molecule has 0 heterocycles. The van der Waals surface area contributed by atoms with E-state index < -0.39 is 12.0 Å². The third-order valence-corrected chi connectivity index (χ3v) is 2.77. The van der Waals surface area contributed by atoms with E-state index in [0.717, 1.165) is 12.8 Å². The first-order valence-corrected chi connectivity index (χ1v) is 6.09. The maximum atomic E-state index is 11.9. The van der Waals surface area contributed by atoms with Crippen molar-refractivity contribution >= 4 is 11.9 Å². The highest BCUT2D eigenvalue weighted by Gasteiger charge is 2.37. The molecule has 5 nitrogen and oxygen atoms in total.